The van der Waals surface area contributed by atoms with E-state index in [9.17, 15) is 52.2 Å². The van der Waals surface area contributed by atoms with Crippen LogP contribution in [0.4, 0.5) is 0 Å². The van der Waals surface area contributed by atoms with E-state index in [1.165, 1.54) is 18.9 Å². The van der Waals surface area contributed by atoms with Crippen LogP contribution in [0.2, 0.25) is 0 Å². The Morgan fingerprint density at radius 2 is 1.59 bits per heavy atom. The molecule has 2 heterocycles. The van der Waals surface area contributed by atoms with Gasteiger partial charge in [0.25, 0.3) is 5.91 Å². The second-order valence-electron chi connectivity index (χ2n) is 16.2. The minimum absolute atomic E-state index is 0.00978. The minimum Gasteiger partial charge on any atom is -0.458 e. The number of aliphatic hydroxyl groups excluding tert-OH is 2. The number of hydrogen-bond acceptors (Lipinski definition) is 14. The van der Waals surface area contributed by atoms with Crippen LogP contribution < -0.4 is 26.6 Å². The van der Waals surface area contributed by atoms with Crippen molar-refractivity contribution in [3.8, 4) is 0 Å². The molecule has 6 amide bonds. The lowest BCUT2D eigenvalue weighted by molar-refractivity contribution is -0.168. The van der Waals surface area contributed by atoms with Crippen LogP contribution in [0.25, 0.3) is 0 Å². The zero-order valence-electron chi connectivity index (χ0n) is 36.9. The number of hydrogen-bond donors (Lipinski definition) is 8. The number of unbranched alkanes of at least 4 members (excludes halogenated alkanes) is 1. The van der Waals surface area contributed by atoms with Crippen LogP contribution in [-0.4, -0.2) is 156 Å². The van der Waals surface area contributed by atoms with Gasteiger partial charge in [-0.2, -0.15) is 8.42 Å². The van der Waals surface area contributed by atoms with Crippen LogP contribution in [0, 0.1) is 11.8 Å². The summed E-state index contributed by atoms with van der Waals surface area (Å²) in [6, 6.07) is 0.265. The maximum absolute atomic E-state index is 14.8. The van der Waals surface area contributed by atoms with Gasteiger partial charge in [0.05, 0.1) is 0 Å². The Balaban J connectivity index is 2.23. The molecule has 1 unspecified atom stereocenters. The molecule has 0 aromatic heterocycles. The molecule has 8 N–H and O–H groups in total. The molecular formula is C41H65N7O14S. The first-order valence-electron chi connectivity index (χ1n) is 21.3. The number of fused-ring (bicyclic) bond motifs is 2. The largest absolute Gasteiger partial charge is 0.458 e. The van der Waals surface area contributed by atoms with Crippen molar-refractivity contribution in [1.82, 2.24) is 36.4 Å². The fourth-order valence-electron chi connectivity index (χ4n) is 7.39. The molecule has 0 saturated carbocycles. The number of ether oxygens (including phenoxy) is 1. The Kier molecular flexibility index (Phi) is 20.3. The van der Waals surface area contributed by atoms with E-state index < -0.39 is 125 Å². The van der Waals surface area contributed by atoms with Crippen molar-refractivity contribution in [3.05, 3.63) is 35.9 Å². The Morgan fingerprint density at radius 3 is 2.19 bits per heavy atom. The predicted octanol–water partition coefficient (Wildman–Crippen LogP) is -1.09. The smallest absolute Gasteiger partial charge is 0.397 e. The van der Waals surface area contributed by atoms with Crippen molar-refractivity contribution in [1.29, 1.82) is 0 Å². The summed E-state index contributed by atoms with van der Waals surface area (Å²) in [4.78, 5) is 102. The molecule has 22 heteroatoms. The molecule has 2 aliphatic heterocycles. The number of benzene rings is 1. The molecule has 0 spiro atoms. The fourth-order valence-corrected chi connectivity index (χ4v) is 7.69. The standard InChI is InChI=1S/C41H65N7O14S/c1-8-23(3)32-41(57)62-25(5)33(46-37(53)30(49)22-61-63(58,59)60)38(54)43-27(17-13-14-20-42-6)35(51)44-28-18-19-31(50)48(39(28)55)34(24(4)9-2)40(56)47(7)29(36(52)45-32)21-26-15-11-10-12-16-26/h10-12,15-16,23-25,27-34,42,49-50H,8-9,13-14,17-22H2,1-7H3,(H,43,54)(H,44,51)(H,45,52)(H,46,53)(H,58,59,60)/t23-,24-,25+,27-,28-,29-,30?,31+,32-,33-,34-/m0/s1. The average molecular weight is 912 g/mol. The number of esters is 1. The molecule has 354 valence electrons. The van der Waals surface area contributed by atoms with E-state index in [0.29, 0.717) is 37.8 Å². The first-order chi connectivity index (χ1) is 29.6. The van der Waals surface area contributed by atoms with E-state index in [1.807, 2.05) is 0 Å². The van der Waals surface area contributed by atoms with Crippen LogP contribution in [0.5, 0.6) is 0 Å². The first-order valence-corrected chi connectivity index (χ1v) is 22.7. The van der Waals surface area contributed by atoms with E-state index in [2.05, 4.69) is 30.8 Å². The van der Waals surface area contributed by atoms with Crippen molar-refractivity contribution >= 4 is 51.8 Å². The Hall–Kier alpha value is -4.74. The third-order valence-electron chi connectivity index (χ3n) is 11.6. The van der Waals surface area contributed by atoms with E-state index in [-0.39, 0.29) is 25.7 Å². The molecule has 0 radical (unpaired) electrons. The lowest BCUT2D eigenvalue weighted by Gasteiger charge is -2.44. The molecular weight excluding hydrogens is 847 g/mol. The number of likely N-dealkylation sites (N-methyl/N-ethyl adjacent to an activating group) is 1. The zero-order chi connectivity index (χ0) is 47.2. The predicted molar refractivity (Wildman–Crippen MR) is 226 cm³/mol. The monoisotopic (exact) mass is 911 g/mol. The number of aliphatic hydroxyl groups is 2. The maximum atomic E-state index is 14.8. The first kappa shape index (κ1) is 52.6. The van der Waals surface area contributed by atoms with Gasteiger partial charge in [0.15, 0.2) is 6.10 Å². The second-order valence-corrected chi connectivity index (χ2v) is 17.3. The molecule has 3 rings (SSSR count). The van der Waals surface area contributed by atoms with Crippen LogP contribution in [0.1, 0.15) is 85.1 Å². The van der Waals surface area contributed by atoms with E-state index >= 15 is 0 Å². The quantitative estimate of drug-likeness (QED) is 0.0556. The van der Waals surface area contributed by atoms with Gasteiger partial charge in [-0.25, -0.2) is 8.98 Å². The summed E-state index contributed by atoms with van der Waals surface area (Å²) in [5, 5.41) is 34.9. The minimum atomic E-state index is -5.09. The van der Waals surface area contributed by atoms with Crippen molar-refractivity contribution in [2.45, 2.75) is 141 Å². The summed E-state index contributed by atoms with van der Waals surface area (Å²) in [6.45, 7) is 7.44. The summed E-state index contributed by atoms with van der Waals surface area (Å²) >= 11 is 0. The molecule has 2 fully saturated rings. The van der Waals surface area contributed by atoms with Gasteiger partial charge in [0.2, 0.25) is 29.5 Å². The van der Waals surface area contributed by atoms with Gasteiger partial charge in [-0.15, -0.1) is 0 Å². The third-order valence-corrected chi connectivity index (χ3v) is 12.1. The molecule has 2 bridgehead atoms. The number of nitrogens with one attached hydrogen (secondary N) is 5. The van der Waals surface area contributed by atoms with E-state index in [0.717, 1.165) is 4.90 Å². The summed E-state index contributed by atoms with van der Waals surface area (Å²) in [6.07, 6.45) is -3.80. The number of nitrogens with zero attached hydrogens (tertiary/aromatic N) is 2. The van der Waals surface area contributed by atoms with Crippen molar-refractivity contribution in [3.63, 3.8) is 0 Å². The molecule has 63 heavy (non-hydrogen) atoms. The highest BCUT2D eigenvalue weighted by Crippen LogP contribution is 2.28. The second kappa shape index (κ2) is 24.4. The zero-order valence-corrected chi connectivity index (χ0v) is 37.8. The Morgan fingerprint density at radius 1 is 0.937 bits per heavy atom. The molecule has 2 aliphatic rings. The van der Waals surface area contributed by atoms with Gasteiger partial charge in [-0.05, 0) is 70.0 Å². The van der Waals surface area contributed by atoms with Gasteiger partial charge in [0, 0.05) is 13.5 Å². The highest BCUT2D eigenvalue weighted by Gasteiger charge is 2.47. The van der Waals surface area contributed by atoms with Crippen LogP contribution >= 0.6 is 0 Å². The molecule has 0 aliphatic carbocycles. The molecule has 2 saturated heterocycles. The van der Waals surface area contributed by atoms with Crippen LogP contribution in [0.15, 0.2) is 30.3 Å². The average Bonchev–Trinajstić information content (AvgIpc) is 3.24. The highest BCUT2D eigenvalue weighted by molar-refractivity contribution is 7.80. The maximum Gasteiger partial charge on any atom is 0.397 e. The number of cyclic esters (lactones) is 1. The van der Waals surface area contributed by atoms with E-state index in [4.69, 9.17) is 9.29 Å². The normalized spacial score (nSPS) is 27.4. The van der Waals surface area contributed by atoms with Crippen molar-refractivity contribution in [2.75, 3.05) is 27.2 Å². The Labute approximate surface area is 368 Å². The van der Waals surface area contributed by atoms with Crippen molar-refractivity contribution in [2.24, 2.45) is 11.8 Å². The number of carbonyl (C=O) groups excluding carboxylic acids is 7. The molecule has 21 nitrogen and oxygen atoms in total. The van der Waals surface area contributed by atoms with Gasteiger partial charge in [0.1, 0.15) is 55.2 Å². The molecule has 1 aromatic rings. The summed E-state index contributed by atoms with van der Waals surface area (Å²) in [5.74, 6) is -7.75. The summed E-state index contributed by atoms with van der Waals surface area (Å²) < 4.78 is 41.1. The number of carbonyl (C=O) groups is 7. The van der Waals surface area contributed by atoms with Gasteiger partial charge >= 0.3 is 16.4 Å². The Bertz CT molecular complexity index is 1860. The lowest BCUT2D eigenvalue weighted by Crippen LogP contribution is -2.66. The van der Waals surface area contributed by atoms with E-state index in [1.54, 1.807) is 65.1 Å². The topological polar surface area (TPSA) is 299 Å². The highest BCUT2D eigenvalue weighted by atomic mass is 32.3. The molecule has 11 atom stereocenters. The lowest BCUT2D eigenvalue weighted by atomic mass is 9.91. The SMILES string of the molecule is CC[C@H](C)[C@@H]1NC(=O)[C@H](Cc2ccccc2)N(C)C(=O)[C@H]([C@@H](C)CC)N2C(=O)[C@H](CC[C@H]2O)NC(=O)[C@H](CCCCNC)NC(=O)[C@@H](NC(=O)C(O)COS(=O)(=O)O)[C@@H](C)OC1=O. The number of amides is 6. The van der Waals surface area contributed by atoms with Crippen LogP contribution in [0.3, 0.4) is 0 Å². The third kappa shape index (κ3) is 14.9. The fraction of sp³-hybridized carbons (Fsp3) is 0.683. The summed E-state index contributed by atoms with van der Waals surface area (Å²) in [5.41, 5.74) is 0.651. The molecule has 1 aromatic carbocycles. The van der Waals surface area contributed by atoms with Gasteiger partial charge in [-0.3, -0.25) is 33.3 Å². The van der Waals surface area contributed by atoms with Gasteiger partial charge in [-0.1, -0.05) is 70.9 Å². The number of rotatable bonds is 16. The van der Waals surface area contributed by atoms with Crippen LogP contribution in [-0.2, 0) is 59.3 Å². The van der Waals surface area contributed by atoms with Crippen molar-refractivity contribution < 1.29 is 65.7 Å². The number of piperidine rings is 1. The van der Waals surface area contributed by atoms with Gasteiger partial charge < -0.3 is 51.3 Å². The summed E-state index contributed by atoms with van der Waals surface area (Å²) in [7, 11) is -1.97.